The van der Waals surface area contributed by atoms with E-state index >= 15 is 0 Å². The number of nitrogens with zero attached hydrogens (tertiary/aromatic N) is 1. The van der Waals surface area contributed by atoms with E-state index in [2.05, 4.69) is 17.1 Å². The number of allylic oxidation sites excluding steroid dienone is 1. The number of carboxylic acid groups (broad SMARTS) is 1. The van der Waals surface area contributed by atoms with E-state index in [-0.39, 0.29) is 23.6 Å². The van der Waals surface area contributed by atoms with Gasteiger partial charge in [-0.2, -0.15) is 0 Å². The zero-order chi connectivity index (χ0) is 19.9. The second-order valence-electron chi connectivity index (χ2n) is 7.91. The first kappa shape index (κ1) is 21.5. The molecule has 1 aromatic heterocycles. The van der Waals surface area contributed by atoms with Gasteiger partial charge in [0.1, 0.15) is 5.78 Å². The molecule has 3 unspecified atom stereocenters. The molecule has 2 aliphatic rings. The van der Waals surface area contributed by atoms with Crippen LogP contribution >= 0.6 is 23.1 Å². The van der Waals surface area contributed by atoms with E-state index in [4.69, 9.17) is 5.11 Å². The van der Waals surface area contributed by atoms with Gasteiger partial charge >= 0.3 is 5.97 Å². The SMILES string of the molecule is O=C(O)c1csc(SCCC2C(=O)CCC2C=CCC(O)CCC2CCC2)n1. The summed E-state index contributed by atoms with van der Waals surface area (Å²) >= 11 is 2.86. The number of thiazole rings is 1. The van der Waals surface area contributed by atoms with E-state index in [1.54, 1.807) is 5.38 Å². The monoisotopic (exact) mass is 423 g/mol. The van der Waals surface area contributed by atoms with E-state index < -0.39 is 5.97 Å². The van der Waals surface area contributed by atoms with E-state index in [1.165, 1.54) is 42.4 Å². The molecule has 0 bridgehead atoms. The van der Waals surface area contributed by atoms with Crippen molar-refractivity contribution >= 4 is 34.9 Å². The van der Waals surface area contributed by atoms with Crippen LogP contribution in [0.2, 0.25) is 0 Å². The van der Waals surface area contributed by atoms with Crippen LogP contribution in [0, 0.1) is 17.8 Å². The average Bonchev–Trinajstić information content (AvgIpc) is 3.22. The predicted octanol–water partition coefficient (Wildman–Crippen LogP) is 4.81. The Hall–Kier alpha value is -1.18. The van der Waals surface area contributed by atoms with Crippen LogP contribution in [0.1, 0.15) is 68.3 Å². The Morgan fingerprint density at radius 3 is 2.86 bits per heavy atom. The lowest BCUT2D eigenvalue weighted by molar-refractivity contribution is -0.121. The quantitative estimate of drug-likeness (QED) is 0.392. The fraction of sp³-hybridized carbons (Fsp3) is 0.667. The van der Waals surface area contributed by atoms with Gasteiger partial charge in [0, 0.05) is 23.5 Å². The van der Waals surface area contributed by atoms with Crippen molar-refractivity contribution in [3.05, 3.63) is 23.2 Å². The summed E-state index contributed by atoms with van der Waals surface area (Å²) in [6.07, 6.45) is 12.9. The standard InChI is InChI=1S/C21H29NO4S2/c23-16(9-7-14-3-1-4-14)6-2-5-15-8-10-19(24)17(15)11-12-27-21-22-18(13-28-21)20(25)26/h2,5,13-17,23H,1,3-4,6-12H2,(H,25,26). The third-order valence-electron chi connectivity index (χ3n) is 5.94. The van der Waals surface area contributed by atoms with Gasteiger partial charge in [0.05, 0.1) is 6.10 Å². The number of aromatic carboxylic acids is 1. The number of carbonyl (C=O) groups is 2. The Labute approximate surface area is 174 Å². The molecule has 0 spiro atoms. The molecule has 0 aromatic carbocycles. The molecule has 2 saturated carbocycles. The van der Waals surface area contributed by atoms with Gasteiger partial charge < -0.3 is 10.2 Å². The summed E-state index contributed by atoms with van der Waals surface area (Å²) in [6.45, 7) is 0. The number of carboxylic acids is 1. The summed E-state index contributed by atoms with van der Waals surface area (Å²) in [5.74, 6) is 1.21. The lowest BCUT2D eigenvalue weighted by atomic mass is 9.81. The van der Waals surface area contributed by atoms with Gasteiger partial charge in [-0.3, -0.25) is 4.79 Å². The van der Waals surface area contributed by atoms with Crippen LogP contribution in [0.25, 0.3) is 0 Å². The zero-order valence-electron chi connectivity index (χ0n) is 16.1. The third kappa shape index (κ3) is 6.16. The minimum Gasteiger partial charge on any atom is -0.476 e. The van der Waals surface area contributed by atoms with E-state index in [1.807, 2.05) is 0 Å². The first-order valence-electron chi connectivity index (χ1n) is 10.2. The molecule has 2 fully saturated rings. The molecule has 5 nitrogen and oxygen atoms in total. The Balaban J connectivity index is 1.39. The normalized spacial score (nSPS) is 24.0. The molecular formula is C21H29NO4S2. The molecule has 0 aliphatic heterocycles. The topological polar surface area (TPSA) is 87.5 Å². The molecule has 2 aliphatic carbocycles. The highest BCUT2D eigenvalue weighted by Gasteiger charge is 2.32. The third-order valence-corrected chi connectivity index (χ3v) is 7.99. The maximum absolute atomic E-state index is 12.3. The number of aliphatic hydroxyl groups is 1. The summed E-state index contributed by atoms with van der Waals surface area (Å²) < 4.78 is 0.740. The highest BCUT2D eigenvalue weighted by Crippen LogP contribution is 2.35. The molecule has 0 saturated heterocycles. The van der Waals surface area contributed by atoms with Crippen molar-refractivity contribution in [1.29, 1.82) is 0 Å². The van der Waals surface area contributed by atoms with E-state index in [0.717, 1.165) is 41.7 Å². The van der Waals surface area contributed by atoms with Gasteiger partial charge in [0.2, 0.25) is 0 Å². The van der Waals surface area contributed by atoms with Gasteiger partial charge in [-0.05, 0) is 43.9 Å². The molecule has 0 amide bonds. The summed E-state index contributed by atoms with van der Waals surface area (Å²) in [6, 6.07) is 0. The Morgan fingerprint density at radius 1 is 1.36 bits per heavy atom. The number of aliphatic hydroxyl groups excluding tert-OH is 1. The molecule has 0 radical (unpaired) electrons. The number of hydrogen-bond acceptors (Lipinski definition) is 6. The van der Waals surface area contributed by atoms with Crippen LogP contribution in [-0.4, -0.2) is 38.8 Å². The number of carbonyl (C=O) groups excluding carboxylic acids is 1. The van der Waals surface area contributed by atoms with Gasteiger partial charge in [0.25, 0.3) is 0 Å². The minimum absolute atomic E-state index is 0.0368. The van der Waals surface area contributed by atoms with Crippen LogP contribution < -0.4 is 0 Å². The maximum atomic E-state index is 12.3. The molecule has 3 atom stereocenters. The van der Waals surface area contributed by atoms with Crippen molar-refractivity contribution in [3.8, 4) is 0 Å². The van der Waals surface area contributed by atoms with Crippen molar-refractivity contribution in [3.63, 3.8) is 0 Å². The van der Waals surface area contributed by atoms with Gasteiger partial charge in [-0.15, -0.1) is 11.3 Å². The summed E-state index contributed by atoms with van der Waals surface area (Å²) in [5, 5.41) is 20.6. The molecule has 28 heavy (non-hydrogen) atoms. The summed E-state index contributed by atoms with van der Waals surface area (Å²) in [7, 11) is 0. The van der Waals surface area contributed by atoms with Crippen LogP contribution in [0.15, 0.2) is 21.9 Å². The molecular weight excluding hydrogens is 394 g/mol. The van der Waals surface area contributed by atoms with Crippen molar-refractivity contribution in [2.24, 2.45) is 17.8 Å². The molecule has 2 N–H and O–H groups in total. The fourth-order valence-electron chi connectivity index (χ4n) is 3.97. The fourth-order valence-corrected chi connectivity index (χ4v) is 5.87. The summed E-state index contributed by atoms with van der Waals surface area (Å²) in [5.41, 5.74) is 0.0844. The van der Waals surface area contributed by atoms with Gasteiger partial charge in [-0.25, -0.2) is 9.78 Å². The van der Waals surface area contributed by atoms with E-state index in [0.29, 0.717) is 18.6 Å². The highest BCUT2D eigenvalue weighted by atomic mass is 32.2. The average molecular weight is 424 g/mol. The van der Waals surface area contributed by atoms with Crippen molar-refractivity contribution < 1.29 is 19.8 Å². The van der Waals surface area contributed by atoms with Gasteiger partial charge in [-0.1, -0.05) is 43.2 Å². The van der Waals surface area contributed by atoms with Crippen molar-refractivity contribution in [2.45, 2.75) is 68.2 Å². The molecule has 1 heterocycles. The predicted molar refractivity (Wildman–Crippen MR) is 112 cm³/mol. The minimum atomic E-state index is -1.01. The molecule has 1 aromatic rings. The summed E-state index contributed by atoms with van der Waals surface area (Å²) in [4.78, 5) is 27.2. The van der Waals surface area contributed by atoms with Gasteiger partial charge in [0.15, 0.2) is 10.0 Å². The number of Topliss-reactive ketones (excluding diaryl/α,β-unsaturated/α-hetero) is 1. The lowest BCUT2D eigenvalue weighted by Crippen LogP contribution is -2.15. The first-order valence-corrected chi connectivity index (χ1v) is 12.1. The largest absolute Gasteiger partial charge is 0.476 e. The molecule has 3 rings (SSSR count). The van der Waals surface area contributed by atoms with Crippen LogP contribution in [-0.2, 0) is 4.79 Å². The number of ketones is 1. The number of rotatable bonds is 11. The first-order chi connectivity index (χ1) is 13.5. The second-order valence-corrected chi connectivity index (χ2v) is 10.1. The second kappa shape index (κ2) is 10.6. The Bertz CT molecular complexity index is 698. The van der Waals surface area contributed by atoms with Crippen molar-refractivity contribution in [2.75, 3.05) is 5.75 Å². The Morgan fingerprint density at radius 2 is 2.18 bits per heavy atom. The smallest absolute Gasteiger partial charge is 0.355 e. The van der Waals surface area contributed by atoms with Crippen LogP contribution in [0.5, 0.6) is 0 Å². The number of thioether (sulfide) groups is 1. The van der Waals surface area contributed by atoms with Crippen molar-refractivity contribution in [1.82, 2.24) is 4.98 Å². The maximum Gasteiger partial charge on any atom is 0.355 e. The Kier molecular flexibility index (Phi) is 8.11. The molecule has 7 heteroatoms. The van der Waals surface area contributed by atoms with Crippen LogP contribution in [0.3, 0.4) is 0 Å². The highest BCUT2D eigenvalue weighted by molar-refractivity contribution is 8.01. The van der Waals surface area contributed by atoms with Crippen LogP contribution in [0.4, 0.5) is 0 Å². The number of hydrogen-bond donors (Lipinski definition) is 2. The lowest BCUT2D eigenvalue weighted by Gasteiger charge is -2.25. The number of aromatic nitrogens is 1. The molecule has 154 valence electrons. The zero-order valence-corrected chi connectivity index (χ0v) is 17.7. The van der Waals surface area contributed by atoms with E-state index in [9.17, 15) is 14.7 Å².